The number of benzene rings is 2. The Morgan fingerprint density at radius 3 is 2.79 bits per heavy atom. The molecule has 3 heterocycles. The van der Waals surface area contributed by atoms with Gasteiger partial charge in [-0.2, -0.15) is 0 Å². The van der Waals surface area contributed by atoms with Crippen molar-refractivity contribution in [3.8, 4) is 5.75 Å². The van der Waals surface area contributed by atoms with Gasteiger partial charge in [-0.05, 0) is 105 Å². The molecule has 8 nitrogen and oxygen atoms in total. The van der Waals surface area contributed by atoms with E-state index in [1.54, 1.807) is 24.7 Å². The number of amides is 1. The summed E-state index contributed by atoms with van der Waals surface area (Å²) in [5, 5.41) is 12.8. The molecular formula is C37H43ClN4O4S. The number of hydrogen-bond acceptors (Lipinski definition) is 7. The number of aliphatic hydroxyl groups is 1. The Morgan fingerprint density at radius 2 is 2.02 bits per heavy atom. The lowest BCUT2D eigenvalue weighted by molar-refractivity contribution is -0.0532. The molecule has 7 rings (SSSR count). The minimum atomic E-state index is -3.00. The van der Waals surface area contributed by atoms with E-state index in [9.17, 15) is 14.1 Å². The van der Waals surface area contributed by atoms with Gasteiger partial charge >= 0.3 is 0 Å². The van der Waals surface area contributed by atoms with Crippen LogP contribution in [0.15, 0.2) is 67.1 Å². The average molecular weight is 675 g/mol. The fraction of sp³-hybridized carbons (Fsp3) is 0.459. The summed E-state index contributed by atoms with van der Waals surface area (Å²) in [6.45, 7) is 5.69. The van der Waals surface area contributed by atoms with Gasteiger partial charge in [0.25, 0.3) is 5.91 Å². The molecule has 7 atom stereocenters. The number of carbonyl (C=O) groups is 1. The Kier molecular flexibility index (Phi) is 8.38. The van der Waals surface area contributed by atoms with Gasteiger partial charge in [-0.1, -0.05) is 36.7 Å². The molecule has 2 N–H and O–H groups in total. The molecule has 2 aliphatic heterocycles. The first-order valence-corrected chi connectivity index (χ1v) is 18.8. The van der Waals surface area contributed by atoms with Gasteiger partial charge in [-0.15, -0.1) is 0 Å². The quantitative estimate of drug-likeness (QED) is 0.246. The van der Waals surface area contributed by atoms with Crippen LogP contribution >= 0.6 is 11.6 Å². The zero-order chi connectivity index (χ0) is 33.0. The summed E-state index contributed by atoms with van der Waals surface area (Å²) < 4.78 is 23.2. The lowest BCUT2D eigenvalue weighted by Crippen LogP contribution is -2.51. The normalized spacial score (nSPS) is 34.6. The Balaban J connectivity index is 1.35. The third kappa shape index (κ3) is 5.85. The molecule has 0 saturated heterocycles. The van der Waals surface area contributed by atoms with E-state index in [0.29, 0.717) is 43.1 Å². The molecule has 2 bridgehead atoms. The van der Waals surface area contributed by atoms with Gasteiger partial charge in [0.15, 0.2) is 0 Å². The van der Waals surface area contributed by atoms with Gasteiger partial charge in [-0.3, -0.25) is 19.5 Å². The van der Waals surface area contributed by atoms with Gasteiger partial charge in [0, 0.05) is 52.7 Å². The van der Waals surface area contributed by atoms with Crippen molar-refractivity contribution in [2.24, 2.45) is 17.8 Å². The number of aryl methyl sites for hydroxylation is 1. The van der Waals surface area contributed by atoms with Crippen LogP contribution in [0.4, 0.5) is 5.69 Å². The highest BCUT2D eigenvalue weighted by molar-refractivity contribution is 7.99. The van der Waals surface area contributed by atoms with E-state index in [-0.39, 0.29) is 23.2 Å². The molecule has 47 heavy (non-hydrogen) atoms. The summed E-state index contributed by atoms with van der Waals surface area (Å²) in [7, 11) is -3.00. The van der Waals surface area contributed by atoms with E-state index >= 15 is 0 Å². The molecule has 1 spiro atoms. The minimum absolute atomic E-state index is 0.0758. The highest BCUT2D eigenvalue weighted by Crippen LogP contribution is 2.50. The van der Waals surface area contributed by atoms with Crippen molar-refractivity contribution in [3.05, 3.63) is 94.5 Å². The van der Waals surface area contributed by atoms with Crippen molar-refractivity contribution in [2.45, 2.75) is 68.6 Å². The van der Waals surface area contributed by atoms with Gasteiger partial charge in [0.2, 0.25) is 0 Å². The van der Waals surface area contributed by atoms with Crippen LogP contribution in [0.1, 0.15) is 73.1 Å². The largest absolute Gasteiger partial charge is 0.490 e. The molecule has 4 aliphatic rings. The van der Waals surface area contributed by atoms with Gasteiger partial charge in [0.05, 0.1) is 33.9 Å². The minimum Gasteiger partial charge on any atom is -0.490 e. The maximum absolute atomic E-state index is 13.8. The predicted molar refractivity (Wildman–Crippen MR) is 187 cm³/mol. The number of rotatable bonds is 1. The lowest BCUT2D eigenvalue weighted by atomic mass is 9.63. The Hall–Kier alpha value is -3.40. The molecule has 3 aromatic rings. The first-order valence-electron chi connectivity index (χ1n) is 16.6. The number of carbonyl (C=O) groups excluding carboxylic acids is 1. The summed E-state index contributed by atoms with van der Waals surface area (Å²) in [6, 6.07) is 11.7. The van der Waals surface area contributed by atoms with Crippen LogP contribution in [-0.4, -0.2) is 56.0 Å². The van der Waals surface area contributed by atoms with Crippen molar-refractivity contribution in [1.29, 1.82) is 0 Å². The van der Waals surface area contributed by atoms with Crippen LogP contribution in [0.25, 0.3) is 0 Å². The third-order valence-corrected chi connectivity index (χ3v) is 13.7. The maximum atomic E-state index is 13.8. The molecule has 1 fully saturated rings. The molecular weight excluding hydrogens is 632 g/mol. The fourth-order valence-corrected chi connectivity index (χ4v) is 9.82. The maximum Gasteiger partial charge on any atom is 0.262 e. The zero-order valence-electron chi connectivity index (χ0n) is 27.0. The van der Waals surface area contributed by atoms with Crippen LogP contribution in [0.5, 0.6) is 5.75 Å². The number of anilines is 1. The first-order chi connectivity index (χ1) is 22.5. The van der Waals surface area contributed by atoms with E-state index in [4.69, 9.17) is 16.3 Å². The topological polar surface area (TPSA) is 105 Å². The summed E-state index contributed by atoms with van der Waals surface area (Å²) in [5.74, 6) is 4.24. The second-order valence-electron chi connectivity index (χ2n) is 14.1. The van der Waals surface area contributed by atoms with E-state index < -0.39 is 26.5 Å². The van der Waals surface area contributed by atoms with Crippen molar-refractivity contribution < 1.29 is 18.8 Å². The fourth-order valence-electron chi connectivity index (χ4n) is 8.15. The number of fused-ring (bicyclic) bond motifs is 4. The van der Waals surface area contributed by atoms with Gasteiger partial charge < -0.3 is 14.7 Å². The number of hydrogen-bond donors (Lipinski definition) is 2. The zero-order valence-corrected chi connectivity index (χ0v) is 28.6. The van der Waals surface area contributed by atoms with Crippen molar-refractivity contribution in [2.75, 3.05) is 24.6 Å². The predicted octanol–water partition coefficient (Wildman–Crippen LogP) is 5.86. The Bertz CT molecular complexity index is 1820. The molecule has 0 radical (unpaired) electrons. The number of nitrogens with zero attached hydrogens (tertiary/aromatic N) is 3. The number of nitrogens with one attached hydrogen (secondary N) is 1. The number of allylic oxidation sites excluding steroid dienone is 1. The van der Waals surface area contributed by atoms with Crippen molar-refractivity contribution >= 4 is 38.8 Å². The Labute approximate surface area is 282 Å². The van der Waals surface area contributed by atoms with E-state index in [1.807, 2.05) is 44.2 Å². The summed E-state index contributed by atoms with van der Waals surface area (Å²) >= 11 is 6.45. The number of ether oxygens (including phenoxy) is 1. The van der Waals surface area contributed by atoms with Crippen LogP contribution in [0.2, 0.25) is 5.02 Å². The van der Waals surface area contributed by atoms with Crippen LogP contribution < -0.4 is 14.4 Å². The molecule has 1 aromatic heterocycles. The van der Waals surface area contributed by atoms with E-state index in [1.165, 1.54) is 11.1 Å². The molecule has 1 amide bonds. The number of halogens is 1. The van der Waals surface area contributed by atoms with E-state index in [0.717, 1.165) is 42.8 Å². The van der Waals surface area contributed by atoms with Gasteiger partial charge in [-0.25, -0.2) is 4.21 Å². The summed E-state index contributed by atoms with van der Waals surface area (Å²) in [5.41, 5.74) is 2.67. The van der Waals surface area contributed by atoms with E-state index in [2.05, 4.69) is 37.6 Å². The second-order valence-corrected chi connectivity index (χ2v) is 17.0. The number of aromatic nitrogens is 2. The second kappa shape index (κ2) is 12.2. The van der Waals surface area contributed by atoms with Gasteiger partial charge in [0.1, 0.15) is 11.4 Å². The highest BCUT2D eigenvalue weighted by atomic mass is 35.5. The molecule has 248 valence electrons. The van der Waals surface area contributed by atoms with Crippen LogP contribution in [0, 0.1) is 17.8 Å². The monoisotopic (exact) mass is 674 g/mol. The first kappa shape index (κ1) is 32.2. The van der Waals surface area contributed by atoms with Crippen LogP contribution in [0.3, 0.4) is 0 Å². The smallest absolute Gasteiger partial charge is 0.262 e. The molecule has 10 heteroatoms. The lowest BCUT2D eigenvalue weighted by Gasteiger charge is -2.48. The highest BCUT2D eigenvalue weighted by Gasteiger charge is 2.49. The SMILES string of the molecule is C=S1(=O)NC(=O)c2ccc3c(c2)N(C[C@@H]2CC[C@H]2[C@](O)(c2cnccn2)/C=C/C[C@H](C)[C@H]1C)C[C@@]1(CCCc2cc(Cl)ccc21)CO3. The summed E-state index contributed by atoms with van der Waals surface area (Å²) in [4.78, 5) is 24.9. The third-order valence-electron chi connectivity index (χ3n) is 11.3. The van der Waals surface area contributed by atoms with Crippen molar-refractivity contribution in [1.82, 2.24) is 14.7 Å². The van der Waals surface area contributed by atoms with Crippen LogP contribution in [-0.2, 0) is 27.1 Å². The van der Waals surface area contributed by atoms with Crippen molar-refractivity contribution in [3.63, 3.8) is 0 Å². The summed E-state index contributed by atoms with van der Waals surface area (Å²) in [6.07, 6.45) is 14.0. The average Bonchev–Trinajstić information content (AvgIpc) is 3.19. The molecule has 2 aliphatic carbocycles. The molecule has 1 saturated carbocycles. The molecule has 1 unspecified atom stereocenters. The Morgan fingerprint density at radius 1 is 1.17 bits per heavy atom. The molecule has 2 aromatic carbocycles. The standard InChI is InChI=1S/C37H43ClN4O4S/c1-24-6-4-15-37(44,34-20-39-16-17-40-34)31-11-8-28(31)21-42-22-36(14-5-7-26-18-29(38)10-12-30(26)36)23-46-33-13-9-27(19-32(33)42)35(43)41-47(3,45)25(24)2/h4,9-10,12-13,15-20,24-25,28,31,44H,3,5-8,11,14,21-23H2,1-2H3,(H,41,43,45)/b15-4+/t24-,25+,28-,31+,36-,37-,47?/m0/s1.